The number of phenols is 1. The van der Waals surface area contributed by atoms with Crippen molar-refractivity contribution >= 4 is 42.0 Å². The van der Waals surface area contributed by atoms with Crippen LogP contribution in [-0.4, -0.2) is 29.9 Å². The second-order valence-electron chi connectivity index (χ2n) is 6.58. The van der Waals surface area contributed by atoms with Crippen LogP contribution in [0, 0.1) is 5.92 Å². The Morgan fingerprint density at radius 1 is 1.33 bits per heavy atom. The summed E-state index contributed by atoms with van der Waals surface area (Å²) < 4.78 is 13.5. The van der Waals surface area contributed by atoms with Crippen LogP contribution in [0.1, 0.15) is 19.4 Å². The number of fused-ring (bicyclic) bond motifs is 1. The minimum atomic E-state index is -0.909. The first-order valence-electron chi connectivity index (χ1n) is 8.54. The Bertz CT molecular complexity index is 833. The number of amides is 1. The highest BCUT2D eigenvalue weighted by atomic mass is 32.2. The van der Waals surface area contributed by atoms with E-state index in [2.05, 4.69) is 10.0 Å². The maximum absolute atomic E-state index is 11.9. The third-order valence-electron chi connectivity index (χ3n) is 3.84. The van der Waals surface area contributed by atoms with Gasteiger partial charge in [0.25, 0.3) is 0 Å². The molecule has 0 spiro atoms. The summed E-state index contributed by atoms with van der Waals surface area (Å²) in [6.07, 6.45) is -0.575. The van der Waals surface area contributed by atoms with E-state index in [1.54, 1.807) is 6.07 Å². The second kappa shape index (κ2) is 8.56. The van der Waals surface area contributed by atoms with E-state index in [1.807, 2.05) is 32.0 Å². The fourth-order valence-corrected chi connectivity index (χ4v) is 3.20. The Labute approximate surface area is 162 Å². The van der Waals surface area contributed by atoms with E-state index in [0.29, 0.717) is 23.8 Å². The number of aromatic hydroxyl groups is 1. The first-order chi connectivity index (χ1) is 12.9. The SMILES string of the molecule is CC(C)COC(=O)Nc1cc(O)ccc1SNc1ccc2c(c1)B(O)OC2. The van der Waals surface area contributed by atoms with Crippen LogP contribution in [0.15, 0.2) is 41.3 Å². The third-order valence-corrected chi connectivity index (χ3v) is 4.75. The number of nitrogens with one attached hydrogen (secondary N) is 2. The molecule has 27 heavy (non-hydrogen) atoms. The molecular weight excluding hydrogens is 367 g/mol. The summed E-state index contributed by atoms with van der Waals surface area (Å²) >= 11 is 1.27. The van der Waals surface area contributed by atoms with Crippen molar-refractivity contribution in [3.05, 3.63) is 42.0 Å². The van der Waals surface area contributed by atoms with Gasteiger partial charge in [0.2, 0.25) is 0 Å². The lowest BCUT2D eigenvalue weighted by Crippen LogP contribution is -2.28. The molecule has 7 nitrogen and oxygen atoms in total. The minimum Gasteiger partial charge on any atom is -0.508 e. The van der Waals surface area contributed by atoms with Gasteiger partial charge >= 0.3 is 13.2 Å². The lowest BCUT2D eigenvalue weighted by Gasteiger charge is -2.13. The molecule has 0 radical (unpaired) electrons. The zero-order valence-corrected chi connectivity index (χ0v) is 15.9. The van der Waals surface area contributed by atoms with Gasteiger partial charge in [0.1, 0.15) is 5.75 Å². The summed E-state index contributed by atoms with van der Waals surface area (Å²) in [4.78, 5) is 12.6. The smallest absolute Gasteiger partial charge is 0.491 e. The highest BCUT2D eigenvalue weighted by molar-refractivity contribution is 8.00. The van der Waals surface area contributed by atoms with E-state index in [4.69, 9.17) is 9.39 Å². The number of rotatable bonds is 6. The lowest BCUT2D eigenvalue weighted by atomic mass is 9.79. The van der Waals surface area contributed by atoms with Gasteiger partial charge < -0.3 is 24.2 Å². The number of carbonyl (C=O) groups is 1. The molecule has 0 aliphatic carbocycles. The molecule has 0 fully saturated rings. The molecule has 4 N–H and O–H groups in total. The van der Waals surface area contributed by atoms with Crippen LogP contribution in [0.5, 0.6) is 5.75 Å². The van der Waals surface area contributed by atoms with Crippen molar-refractivity contribution in [3.8, 4) is 5.75 Å². The van der Waals surface area contributed by atoms with Crippen LogP contribution in [0.2, 0.25) is 0 Å². The number of anilines is 2. The van der Waals surface area contributed by atoms with Crippen molar-refractivity contribution in [3.63, 3.8) is 0 Å². The van der Waals surface area contributed by atoms with Gasteiger partial charge in [-0.1, -0.05) is 19.9 Å². The Hall–Kier alpha value is -2.36. The number of carbonyl (C=O) groups excluding carboxylic acids is 1. The molecular formula is C18H21BN2O5S. The van der Waals surface area contributed by atoms with Crippen molar-refractivity contribution < 1.29 is 24.3 Å². The fourth-order valence-electron chi connectivity index (χ4n) is 2.49. The molecule has 1 heterocycles. The molecule has 1 amide bonds. The fraction of sp³-hybridized carbons (Fsp3) is 0.278. The van der Waals surface area contributed by atoms with Crippen LogP contribution in [0.4, 0.5) is 16.2 Å². The monoisotopic (exact) mass is 388 g/mol. The molecule has 1 aliphatic heterocycles. The summed E-state index contributed by atoms with van der Waals surface area (Å²) in [6, 6.07) is 10.3. The number of ether oxygens (including phenoxy) is 1. The van der Waals surface area contributed by atoms with Gasteiger partial charge in [-0.3, -0.25) is 5.32 Å². The second-order valence-corrected chi connectivity index (χ2v) is 7.43. The molecule has 142 valence electrons. The summed E-state index contributed by atoms with van der Waals surface area (Å²) in [5.41, 5.74) is 2.91. The summed E-state index contributed by atoms with van der Waals surface area (Å²) in [5, 5.41) is 22.2. The molecule has 0 bridgehead atoms. The van der Waals surface area contributed by atoms with Gasteiger partial charge in [-0.05, 0) is 53.2 Å². The highest BCUT2D eigenvalue weighted by Gasteiger charge is 2.27. The van der Waals surface area contributed by atoms with Crippen molar-refractivity contribution in [2.45, 2.75) is 25.3 Å². The zero-order valence-electron chi connectivity index (χ0n) is 15.1. The Balaban J connectivity index is 1.68. The highest BCUT2D eigenvalue weighted by Crippen LogP contribution is 2.31. The molecule has 0 saturated heterocycles. The first-order valence-corrected chi connectivity index (χ1v) is 9.36. The van der Waals surface area contributed by atoms with Crippen LogP contribution in [0.25, 0.3) is 0 Å². The quantitative estimate of drug-likeness (QED) is 0.446. The standard InChI is InChI=1S/C18H21BN2O5S/c1-11(2)9-25-18(23)20-16-8-14(22)5-6-17(16)27-21-13-4-3-12-10-26-19(24)15(12)7-13/h3-8,11,21-22,24H,9-10H2,1-2H3,(H,20,23). The lowest BCUT2D eigenvalue weighted by molar-refractivity contribution is 0.147. The van der Waals surface area contributed by atoms with E-state index < -0.39 is 13.2 Å². The molecule has 0 aromatic heterocycles. The van der Waals surface area contributed by atoms with E-state index >= 15 is 0 Å². The Kier molecular flexibility index (Phi) is 6.15. The summed E-state index contributed by atoms with van der Waals surface area (Å²) in [5.74, 6) is 0.269. The molecule has 0 saturated carbocycles. The minimum absolute atomic E-state index is 0.0383. The zero-order chi connectivity index (χ0) is 19.4. The van der Waals surface area contributed by atoms with Crippen molar-refractivity contribution in [1.29, 1.82) is 0 Å². The van der Waals surface area contributed by atoms with E-state index in [-0.39, 0.29) is 11.7 Å². The van der Waals surface area contributed by atoms with Crippen LogP contribution < -0.4 is 15.5 Å². The largest absolute Gasteiger partial charge is 0.508 e. The average molecular weight is 388 g/mol. The third kappa shape index (κ3) is 5.09. The molecule has 3 rings (SSSR count). The van der Waals surface area contributed by atoms with Gasteiger partial charge in [0.05, 0.1) is 23.8 Å². The van der Waals surface area contributed by atoms with Gasteiger partial charge in [-0.15, -0.1) is 0 Å². The Morgan fingerprint density at radius 3 is 2.93 bits per heavy atom. The van der Waals surface area contributed by atoms with Crippen LogP contribution in [0.3, 0.4) is 0 Å². The van der Waals surface area contributed by atoms with E-state index in [0.717, 1.165) is 16.7 Å². The number of phenolic OH excluding ortho intramolecular Hbond substituents is 1. The first kappa shape index (κ1) is 19.4. The molecule has 0 atom stereocenters. The molecule has 2 aromatic carbocycles. The normalized spacial score (nSPS) is 12.8. The van der Waals surface area contributed by atoms with Crippen LogP contribution >= 0.6 is 11.9 Å². The number of benzene rings is 2. The maximum Gasteiger partial charge on any atom is 0.491 e. The molecule has 1 aliphatic rings. The van der Waals surface area contributed by atoms with Gasteiger partial charge in [-0.2, -0.15) is 0 Å². The van der Waals surface area contributed by atoms with E-state index in [1.165, 1.54) is 24.1 Å². The Morgan fingerprint density at radius 2 is 2.15 bits per heavy atom. The predicted octanol–water partition coefficient (Wildman–Crippen LogP) is 2.93. The number of hydrogen-bond donors (Lipinski definition) is 4. The van der Waals surface area contributed by atoms with Gasteiger partial charge in [-0.25, -0.2) is 4.79 Å². The van der Waals surface area contributed by atoms with Crippen molar-refractivity contribution in [2.75, 3.05) is 16.6 Å². The van der Waals surface area contributed by atoms with E-state index in [9.17, 15) is 14.9 Å². The van der Waals surface area contributed by atoms with Crippen LogP contribution in [-0.2, 0) is 16.0 Å². The summed E-state index contributed by atoms with van der Waals surface area (Å²) in [7, 11) is -0.909. The van der Waals surface area contributed by atoms with Crippen molar-refractivity contribution in [1.82, 2.24) is 0 Å². The topological polar surface area (TPSA) is 100 Å². The van der Waals surface area contributed by atoms with Gasteiger partial charge in [0, 0.05) is 11.8 Å². The van der Waals surface area contributed by atoms with Crippen molar-refractivity contribution in [2.24, 2.45) is 5.92 Å². The molecule has 2 aromatic rings. The maximum atomic E-state index is 11.9. The predicted molar refractivity (Wildman–Crippen MR) is 106 cm³/mol. The van der Waals surface area contributed by atoms with Gasteiger partial charge in [0.15, 0.2) is 0 Å². The molecule has 9 heteroatoms. The summed E-state index contributed by atoms with van der Waals surface area (Å²) in [6.45, 7) is 4.61. The average Bonchev–Trinajstić information content (AvgIpc) is 3.00. The molecule has 0 unspecified atom stereocenters. The number of hydrogen-bond acceptors (Lipinski definition) is 7.